The Labute approximate surface area is 175 Å². The lowest BCUT2D eigenvalue weighted by molar-refractivity contribution is -0.123. The summed E-state index contributed by atoms with van der Waals surface area (Å²) in [6, 6.07) is 12.8. The second kappa shape index (κ2) is 10.2. The van der Waals surface area contributed by atoms with Gasteiger partial charge in [-0.05, 0) is 60.2 Å². The van der Waals surface area contributed by atoms with Crippen LogP contribution in [0.25, 0.3) is 11.1 Å². The van der Waals surface area contributed by atoms with E-state index in [-0.39, 0.29) is 18.0 Å². The van der Waals surface area contributed by atoms with Gasteiger partial charge in [0.1, 0.15) is 12.6 Å². The minimum Gasteiger partial charge on any atom is -0.478 e. The second-order valence-corrected chi connectivity index (χ2v) is 7.44. The van der Waals surface area contributed by atoms with Gasteiger partial charge < -0.3 is 15.7 Å². The Balaban J connectivity index is 2.19. The Morgan fingerprint density at radius 3 is 2.27 bits per heavy atom. The van der Waals surface area contributed by atoms with E-state index in [9.17, 15) is 19.5 Å². The highest BCUT2D eigenvalue weighted by Crippen LogP contribution is 2.25. The summed E-state index contributed by atoms with van der Waals surface area (Å²) in [5.41, 5.74) is 3.06. The number of benzene rings is 2. The highest BCUT2D eigenvalue weighted by molar-refractivity contribution is 5.98. The van der Waals surface area contributed by atoms with Crippen molar-refractivity contribution in [3.63, 3.8) is 0 Å². The lowest BCUT2D eigenvalue weighted by atomic mass is 9.97. The molecular formula is C23H25N3O4. The zero-order chi connectivity index (χ0) is 22.3. The Morgan fingerprint density at radius 2 is 1.70 bits per heavy atom. The van der Waals surface area contributed by atoms with Crippen LogP contribution in [-0.4, -0.2) is 35.5 Å². The molecule has 156 valence electrons. The summed E-state index contributed by atoms with van der Waals surface area (Å²) in [6.07, 6.45) is 0.447. The molecule has 2 aromatic rings. The Kier molecular flexibility index (Phi) is 7.70. The van der Waals surface area contributed by atoms with Crippen molar-refractivity contribution in [1.29, 1.82) is 5.26 Å². The maximum atomic E-state index is 12.6. The van der Waals surface area contributed by atoms with Crippen LogP contribution < -0.4 is 10.6 Å². The third-order valence-corrected chi connectivity index (χ3v) is 4.61. The molecule has 7 heteroatoms. The predicted octanol–water partition coefficient (Wildman–Crippen LogP) is 3.14. The van der Waals surface area contributed by atoms with Crippen molar-refractivity contribution in [3.05, 3.63) is 59.2 Å². The molecule has 0 aliphatic carbocycles. The molecule has 0 heterocycles. The Morgan fingerprint density at radius 1 is 1.07 bits per heavy atom. The number of hydrogen-bond donors (Lipinski definition) is 3. The molecule has 2 rings (SSSR count). The Hall–Kier alpha value is -3.66. The summed E-state index contributed by atoms with van der Waals surface area (Å²) in [5.74, 6) is -1.61. The number of carbonyl (C=O) groups excluding carboxylic acids is 2. The monoisotopic (exact) mass is 407 g/mol. The van der Waals surface area contributed by atoms with Gasteiger partial charge in [-0.2, -0.15) is 5.26 Å². The zero-order valence-corrected chi connectivity index (χ0v) is 17.2. The number of carboxylic acid groups (broad SMARTS) is 1. The first-order chi connectivity index (χ1) is 14.2. The van der Waals surface area contributed by atoms with Gasteiger partial charge in [0.25, 0.3) is 5.91 Å². The summed E-state index contributed by atoms with van der Waals surface area (Å²) >= 11 is 0. The number of nitrogens with zero attached hydrogens (tertiary/aromatic N) is 1. The highest BCUT2D eigenvalue weighted by atomic mass is 16.4. The van der Waals surface area contributed by atoms with Gasteiger partial charge >= 0.3 is 5.97 Å². The van der Waals surface area contributed by atoms with Gasteiger partial charge in [0.2, 0.25) is 5.91 Å². The first kappa shape index (κ1) is 22.6. The standard InChI is InChI=1S/C23H25N3O4/c1-14(2)12-20(22(28)25-11-10-24)26-21(27)17-8-6-16(7-9-17)19-13-18(23(29)30)5-4-15(19)3/h4-9,13-14,20H,11-12H2,1-3H3,(H,25,28)(H,26,27)(H,29,30). The van der Waals surface area contributed by atoms with Crippen LogP contribution in [0.5, 0.6) is 0 Å². The number of hydrogen-bond acceptors (Lipinski definition) is 4. The molecule has 0 aliphatic rings. The smallest absolute Gasteiger partial charge is 0.335 e. The maximum Gasteiger partial charge on any atom is 0.335 e. The largest absolute Gasteiger partial charge is 0.478 e. The fourth-order valence-corrected chi connectivity index (χ4v) is 3.06. The van der Waals surface area contributed by atoms with Crippen LogP contribution in [0.1, 0.15) is 46.5 Å². The molecule has 3 N–H and O–H groups in total. The zero-order valence-electron chi connectivity index (χ0n) is 17.2. The molecule has 0 radical (unpaired) electrons. The van der Waals surface area contributed by atoms with Gasteiger partial charge in [-0.1, -0.05) is 32.0 Å². The van der Waals surface area contributed by atoms with E-state index in [1.165, 1.54) is 0 Å². The average molecular weight is 407 g/mol. The fourth-order valence-electron chi connectivity index (χ4n) is 3.06. The molecular weight excluding hydrogens is 382 g/mol. The van der Waals surface area contributed by atoms with Crippen LogP contribution >= 0.6 is 0 Å². The normalized spacial score (nSPS) is 11.4. The molecule has 2 aromatic carbocycles. The topological polar surface area (TPSA) is 119 Å². The molecule has 0 saturated carbocycles. The van der Waals surface area contributed by atoms with Crippen LogP contribution in [0.15, 0.2) is 42.5 Å². The summed E-state index contributed by atoms with van der Waals surface area (Å²) in [4.78, 5) is 36.1. The van der Waals surface area contributed by atoms with E-state index in [1.807, 2.05) is 26.8 Å². The van der Waals surface area contributed by atoms with Gasteiger partial charge in [-0.15, -0.1) is 0 Å². The number of amides is 2. The van der Waals surface area contributed by atoms with Crippen molar-refractivity contribution in [2.45, 2.75) is 33.2 Å². The number of rotatable bonds is 8. The molecule has 0 aliphatic heterocycles. The van der Waals surface area contributed by atoms with Crippen LogP contribution in [0.4, 0.5) is 0 Å². The van der Waals surface area contributed by atoms with Crippen molar-refractivity contribution >= 4 is 17.8 Å². The highest BCUT2D eigenvalue weighted by Gasteiger charge is 2.22. The van der Waals surface area contributed by atoms with E-state index >= 15 is 0 Å². The number of nitrogens with one attached hydrogen (secondary N) is 2. The van der Waals surface area contributed by atoms with Gasteiger partial charge in [0.05, 0.1) is 11.6 Å². The molecule has 2 amide bonds. The third kappa shape index (κ3) is 5.92. The molecule has 0 fully saturated rings. The number of carboxylic acids is 1. The number of nitriles is 1. The fraction of sp³-hybridized carbons (Fsp3) is 0.304. The average Bonchev–Trinajstić information content (AvgIpc) is 2.71. The number of aromatic carboxylic acids is 1. The summed E-state index contributed by atoms with van der Waals surface area (Å²) in [6.45, 7) is 5.66. The predicted molar refractivity (Wildman–Crippen MR) is 113 cm³/mol. The minimum absolute atomic E-state index is 0.118. The molecule has 1 unspecified atom stereocenters. The van der Waals surface area contributed by atoms with Crippen LogP contribution in [0.2, 0.25) is 0 Å². The van der Waals surface area contributed by atoms with E-state index in [4.69, 9.17) is 5.26 Å². The number of carbonyl (C=O) groups is 3. The quantitative estimate of drug-likeness (QED) is 0.581. The van der Waals surface area contributed by atoms with Crippen molar-refractivity contribution in [2.75, 3.05) is 6.54 Å². The lowest BCUT2D eigenvalue weighted by Gasteiger charge is -2.19. The first-order valence-electron chi connectivity index (χ1n) is 9.62. The summed E-state index contributed by atoms with van der Waals surface area (Å²) in [5, 5.41) is 23.1. The molecule has 0 saturated heterocycles. The van der Waals surface area contributed by atoms with Gasteiger partial charge in [0.15, 0.2) is 0 Å². The van der Waals surface area contributed by atoms with E-state index in [1.54, 1.807) is 42.5 Å². The molecule has 0 aromatic heterocycles. The van der Waals surface area contributed by atoms with Crippen molar-refractivity contribution < 1.29 is 19.5 Å². The van der Waals surface area contributed by atoms with Crippen LogP contribution in [-0.2, 0) is 4.79 Å². The van der Waals surface area contributed by atoms with Crippen LogP contribution in [0.3, 0.4) is 0 Å². The van der Waals surface area contributed by atoms with E-state index in [0.717, 1.165) is 16.7 Å². The van der Waals surface area contributed by atoms with Crippen molar-refractivity contribution in [1.82, 2.24) is 10.6 Å². The van der Waals surface area contributed by atoms with Gasteiger partial charge in [-0.25, -0.2) is 4.79 Å². The second-order valence-electron chi connectivity index (χ2n) is 7.44. The Bertz CT molecular complexity index is 975. The van der Waals surface area contributed by atoms with E-state index < -0.39 is 23.8 Å². The molecule has 30 heavy (non-hydrogen) atoms. The SMILES string of the molecule is Cc1ccc(C(=O)O)cc1-c1ccc(C(=O)NC(CC(C)C)C(=O)NCC#N)cc1. The minimum atomic E-state index is -1.00. The van der Waals surface area contributed by atoms with Crippen LogP contribution in [0, 0.1) is 24.2 Å². The third-order valence-electron chi connectivity index (χ3n) is 4.61. The lowest BCUT2D eigenvalue weighted by Crippen LogP contribution is -2.47. The number of aryl methyl sites for hydroxylation is 1. The molecule has 0 bridgehead atoms. The van der Waals surface area contributed by atoms with Crippen molar-refractivity contribution in [3.8, 4) is 17.2 Å². The summed E-state index contributed by atoms with van der Waals surface area (Å²) < 4.78 is 0. The van der Waals surface area contributed by atoms with Crippen molar-refractivity contribution in [2.24, 2.45) is 5.92 Å². The summed E-state index contributed by atoms with van der Waals surface area (Å²) in [7, 11) is 0. The maximum absolute atomic E-state index is 12.6. The molecule has 7 nitrogen and oxygen atoms in total. The van der Waals surface area contributed by atoms with E-state index in [2.05, 4.69) is 10.6 Å². The first-order valence-corrected chi connectivity index (χ1v) is 9.62. The molecule has 0 spiro atoms. The van der Waals surface area contributed by atoms with E-state index in [0.29, 0.717) is 12.0 Å². The molecule has 1 atom stereocenters. The van der Waals surface area contributed by atoms with Gasteiger partial charge in [-0.3, -0.25) is 9.59 Å². The van der Waals surface area contributed by atoms with Gasteiger partial charge in [0, 0.05) is 5.56 Å².